The Bertz CT molecular complexity index is 1090. The highest BCUT2D eigenvalue weighted by Crippen LogP contribution is 2.29. The zero-order chi connectivity index (χ0) is 21.6. The second-order valence-corrected chi connectivity index (χ2v) is 7.36. The predicted molar refractivity (Wildman–Crippen MR) is 132 cm³/mol. The monoisotopic (exact) mass is 556 g/mol. The largest absolute Gasteiger partial charge is 0.467 e. The van der Waals surface area contributed by atoms with Crippen molar-refractivity contribution in [1.82, 2.24) is 15.6 Å². The third-order valence-electron chi connectivity index (χ3n) is 5.16. The molecule has 0 amide bonds. The number of aromatic nitrogens is 1. The lowest BCUT2D eigenvalue weighted by Crippen LogP contribution is -2.38. The van der Waals surface area contributed by atoms with Crippen LogP contribution in [0.2, 0.25) is 0 Å². The second kappa shape index (κ2) is 11.5. The standard InChI is InChI=1S/C23H26F2N4O2.HI/c1-2-26-23(28-8-6-16-12-29-21-4-3-18(24)11-20(16)21)27-7-5-15-9-19(25)10-17-13-30-14-31-22(15)17;/h3-4,9-12,29H,2,5-8,13-14H2,1H3,(H2,26,27,28);1H. The minimum Gasteiger partial charge on any atom is -0.467 e. The molecule has 0 spiro atoms. The fraction of sp³-hybridized carbons (Fsp3) is 0.348. The van der Waals surface area contributed by atoms with Gasteiger partial charge in [-0.15, -0.1) is 24.0 Å². The summed E-state index contributed by atoms with van der Waals surface area (Å²) in [6.45, 7) is 4.37. The number of benzene rings is 2. The normalized spacial score (nSPS) is 13.3. The van der Waals surface area contributed by atoms with Crippen molar-refractivity contribution in [2.24, 2.45) is 4.99 Å². The third-order valence-corrected chi connectivity index (χ3v) is 5.16. The van der Waals surface area contributed by atoms with E-state index in [1.165, 1.54) is 18.2 Å². The summed E-state index contributed by atoms with van der Waals surface area (Å²) in [5.41, 5.74) is 3.48. The predicted octanol–water partition coefficient (Wildman–Crippen LogP) is 4.27. The van der Waals surface area contributed by atoms with Crippen LogP contribution in [0.1, 0.15) is 23.6 Å². The molecule has 0 bridgehead atoms. The number of hydrogen-bond acceptors (Lipinski definition) is 3. The first-order valence-corrected chi connectivity index (χ1v) is 10.4. The van der Waals surface area contributed by atoms with Gasteiger partial charge in [0.2, 0.25) is 0 Å². The van der Waals surface area contributed by atoms with Crippen LogP contribution >= 0.6 is 24.0 Å². The molecule has 0 radical (unpaired) electrons. The Balaban J connectivity index is 0.00000289. The third kappa shape index (κ3) is 5.89. The van der Waals surface area contributed by atoms with Crippen LogP contribution in [-0.2, 0) is 24.2 Å². The molecular formula is C23H27F2IN4O2. The average Bonchev–Trinajstić information content (AvgIpc) is 3.15. The maximum atomic E-state index is 13.9. The minimum absolute atomic E-state index is 0. The van der Waals surface area contributed by atoms with Crippen molar-refractivity contribution in [2.75, 3.05) is 26.4 Å². The van der Waals surface area contributed by atoms with Gasteiger partial charge in [-0.3, -0.25) is 4.99 Å². The van der Waals surface area contributed by atoms with Crippen LogP contribution in [0.5, 0.6) is 5.75 Å². The summed E-state index contributed by atoms with van der Waals surface area (Å²) in [6.07, 6.45) is 3.18. The molecule has 9 heteroatoms. The molecule has 6 nitrogen and oxygen atoms in total. The molecule has 172 valence electrons. The Morgan fingerprint density at radius 2 is 1.97 bits per heavy atom. The van der Waals surface area contributed by atoms with Crippen molar-refractivity contribution >= 4 is 40.8 Å². The summed E-state index contributed by atoms with van der Waals surface area (Å²) in [5.74, 6) is 0.841. The quantitative estimate of drug-likeness (QED) is 0.231. The molecule has 2 aromatic carbocycles. The molecule has 32 heavy (non-hydrogen) atoms. The zero-order valence-electron chi connectivity index (χ0n) is 17.8. The summed E-state index contributed by atoms with van der Waals surface area (Å²) in [6, 6.07) is 7.69. The van der Waals surface area contributed by atoms with Crippen LogP contribution in [0.25, 0.3) is 10.9 Å². The van der Waals surface area contributed by atoms with Gasteiger partial charge in [0.15, 0.2) is 12.8 Å². The van der Waals surface area contributed by atoms with E-state index in [4.69, 9.17) is 9.47 Å². The summed E-state index contributed by atoms with van der Waals surface area (Å²) in [4.78, 5) is 7.77. The van der Waals surface area contributed by atoms with Gasteiger partial charge in [0.05, 0.1) is 6.61 Å². The van der Waals surface area contributed by atoms with Gasteiger partial charge in [-0.1, -0.05) is 0 Å². The number of fused-ring (bicyclic) bond motifs is 2. The summed E-state index contributed by atoms with van der Waals surface area (Å²) in [5, 5.41) is 7.41. The van der Waals surface area contributed by atoms with Crippen LogP contribution in [0.15, 0.2) is 41.5 Å². The van der Waals surface area contributed by atoms with Crippen molar-refractivity contribution in [3.8, 4) is 5.75 Å². The molecule has 0 saturated carbocycles. The number of halogens is 3. The maximum Gasteiger partial charge on any atom is 0.191 e. The minimum atomic E-state index is -0.299. The van der Waals surface area contributed by atoms with Crippen LogP contribution < -0.4 is 15.4 Å². The average molecular weight is 556 g/mol. The van der Waals surface area contributed by atoms with E-state index in [1.807, 2.05) is 13.1 Å². The first-order chi connectivity index (χ1) is 15.1. The lowest BCUT2D eigenvalue weighted by Gasteiger charge is -2.20. The van der Waals surface area contributed by atoms with E-state index in [2.05, 4.69) is 20.6 Å². The van der Waals surface area contributed by atoms with E-state index < -0.39 is 0 Å². The van der Waals surface area contributed by atoms with Gasteiger partial charge in [-0.25, -0.2) is 8.78 Å². The molecule has 4 rings (SSSR count). The zero-order valence-corrected chi connectivity index (χ0v) is 20.2. The molecule has 3 aromatic rings. The number of rotatable bonds is 7. The number of aromatic amines is 1. The molecule has 2 heterocycles. The first kappa shape index (κ1) is 24.2. The number of aliphatic imine (C=N–C) groups is 1. The van der Waals surface area contributed by atoms with Gasteiger partial charge < -0.3 is 25.1 Å². The van der Waals surface area contributed by atoms with E-state index in [1.54, 1.807) is 12.1 Å². The van der Waals surface area contributed by atoms with E-state index in [-0.39, 0.29) is 42.4 Å². The van der Waals surface area contributed by atoms with Crippen molar-refractivity contribution in [3.05, 3.63) is 64.9 Å². The molecule has 0 atom stereocenters. The molecule has 1 aliphatic rings. The number of hydrogen-bond donors (Lipinski definition) is 3. The van der Waals surface area contributed by atoms with Gasteiger partial charge in [-0.05, 0) is 61.2 Å². The van der Waals surface area contributed by atoms with Crippen LogP contribution in [-0.4, -0.2) is 37.4 Å². The highest BCUT2D eigenvalue weighted by atomic mass is 127. The summed E-state index contributed by atoms with van der Waals surface area (Å²) < 4.78 is 38.3. The molecule has 3 N–H and O–H groups in total. The number of ether oxygens (including phenoxy) is 2. The van der Waals surface area contributed by atoms with Crippen LogP contribution in [0.3, 0.4) is 0 Å². The maximum absolute atomic E-state index is 13.9. The van der Waals surface area contributed by atoms with E-state index in [0.29, 0.717) is 37.8 Å². The highest BCUT2D eigenvalue weighted by Gasteiger charge is 2.16. The van der Waals surface area contributed by atoms with E-state index in [0.717, 1.165) is 40.6 Å². The number of nitrogens with one attached hydrogen (secondary N) is 3. The Labute approximate surface area is 202 Å². The van der Waals surface area contributed by atoms with Crippen molar-refractivity contribution < 1.29 is 18.3 Å². The number of nitrogens with zero attached hydrogens (tertiary/aromatic N) is 1. The number of H-pyrrole nitrogens is 1. The van der Waals surface area contributed by atoms with Gasteiger partial charge in [0, 0.05) is 42.3 Å². The second-order valence-electron chi connectivity index (χ2n) is 7.36. The van der Waals surface area contributed by atoms with E-state index >= 15 is 0 Å². The molecule has 1 aliphatic heterocycles. The van der Waals surface area contributed by atoms with Gasteiger partial charge in [-0.2, -0.15) is 0 Å². The lowest BCUT2D eigenvalue weighted by molar-refractivity contribution is -0.0172. The molecule has 0 aliphatic carbocycles. The molecule has 1 aromatic heterocycles. The number of guanidine groups is 1. The Morgan fingerprint density at radius 1 is 1.09 bits per heavy atom. The molecule has 0 unspecified atom stereocenters. The lowest BCUT2D eigenvalue weighted by atomic mass is 10.1. The van der Waals surface area contributed by atoms with Crippen LogP contribution in [0.4, 0.5) is 8.78 Å². The van der Waals surface area contributed by atoms with E-state index in [9.17, 15) is 8.78 Å². The topological polar surface area (TPSA) is 70.7 Å². The van der Waals surface area contributed by atoms with Crippen molar-refractivity contribution in [2.45, 2.75) is 26.4 Å². The van der Waals surface area contributed by atoms with Gasteiger partial charge in [0.1, 0.15) is 17.4 Å². The summed E-state index contributed by atoms with van der Waals surface area (Å²) in [7, 11) is 0. The molecule has 0 fully saturated rings. The smallest absolute Gasteiger partial charge is 0.191 e. The molecule has 0 saturated heterocycles. The van der Waals surface area contributed by atoms with Crippen molar-refractivity contribution in [3.63, 3.8) is 0 Å². The van der Waals surface area contributed by atoms with Gasteiger partial charge >= 0.3 is 0 Å². The van der Waals surface area contributed by atoms with Crippen molar-refractivity contribution in [1.29, 1.82) is 0 Å². The van der Waals surface area contributed by atoms with Gasteiger partial charge in [0.25, 0.3) is 0 Å². The Hall–Kier alpha value is -2.40. The van der Waals surface area contributed by atoms with Crippen LogP contribution in [0, 0.1) is 11.6 Å². The Morgan fingerprint density at radius 3 is 2.81 bits per heavy atom. The Kier molecular flexibility index (Phi) is 8.68. The SMILES string of the molecule is CCNC(=NCCc1cc(F)cc2c1OCOC2)NCCc1c[nH]c2ccc(F)cc12.I. The fourth-order valence-electron chi connectivity index (χ4n) is 3.75. The summed E-state index contributed by atoms with van der Waals surface area (Å²) >= 11 is 0. The highest BCUT2D eigenvalue weighted by molar-refractivity contribution is 14.0. The molecular weight excluding hydrogens is 529 g/mol. The fourth-order valence-corrected chi connectivity index (χ4v) is 3.75. The first-order valence-electron chi connectivity index (χ1n) is 10.4.